The Morgan fingerprint density at radius 2 is 0.588 bits per heavy atom. The van der Waals surface area contributed by atoms with Gasteiger partial charge in [-0.05, 0) is 257 Å². The van der Waals surface area contributed by atoms with E-state index in [2.05, 4.69) is 402 Å². The highest BCUT2D eigenvalue weighted by Gasteiger charge is 2.56. The van der Waals surface area contributed by atoms with Gasteiger partial charge < -0.3 is 46.1 Å². The first-order valence-corrected chi connectivity index (χ1v) is 48.0. The van der Waals surface area contributed by atoms with Crippen molar-refractivity contribution in [2.45, 2.75) is 156 Å². The first-order chi connectivity index (χ1) is 62.9. The molecule has 10 nitrogen and oxygen atoms in total. The highest BCUT2D eigenvalue weighted by Crippen LogP contribution is 2.52. The van der Waals surface area contributed by atoms with Gasteiger partial charge in [-0.3, -0.25) is 0 Å². The second kappa shape index (κ2) is 30.5. The van der Waals surface area contributed by atoms with Crippen molar-refractivity contribution in [2.24, 2.45) is 0 Å². The molecule has 4 aliphatic rings. The SMILES string of the molecule is CC1(C)OB(c2cc3cc(-c4cccc5sc6ccc7ccccc7c6c45)ccc3o2)OC1(C)C.CC1(C)OB(c2cccc(-c3cccc4sc5c6ccccc6c6ccccc6c5c34)c2)OC1(C)C.CC1(C)OB(c2cccc3oc4c5ccccc5c5ccccc5c4c23)OC1(C)C.CC1(C)OB(c2cccc3sc4c5ccccc5c5ccccc5c4c23)OC1(C)C. The van der Waals surface area contributed by atoms with Crippen LogP contribution in [0.25, 0.3) is 191 Å². The van der Waals surface area contributed by atoms with Crippen LogP contribution in [0.2, 0.25) is 0 Å². The summed E-state index contributed by atoms with van der Waals surface area (Å²) in [6.07, 6.45) is 0. The summed E-state index contributed by atoms with van der Waals surface area (Å²) in [6.45, 7) is 33.4. The van der Waals surface area contributed by atoms with Crippen LogP contribution in [0, 0.1) is 0 Å². The predicted octanol–water partition coefficient (Wildman–Crippen LogP) is 29.1. The highest BCUT2D eigenvalue weighted by atomic mass is 32.1. The van der Waals surface area contributed by atoms with Gasteiger partial charge in [-0.15, -0.1) is 34.0 Å². The van der Waals surface area contributed by atoms with E-state index in [1.54, 1.807) is 0 Å². The summed E-state index contributed by atoms with van der Waals surface area (Å²) in [7, 11) is -1.70. The molecule has 0 atom stereocenters. The Labute approximate surface area is 774 Å². The fourth-order valence-corrected chi connectivity index (χ4v) is 23.7. The zero-order chi connectivity index (χ0) is 90.0. The van der Waals surface area contributed by atoms with Crippen molar-refractivity contribution >= 4 is 253 Å². The van der Waals surface area contributed by atoms with Gasteiger partial charge in [-0.2, -0.15) is 0 Å². The zero-order valence-electron chi connectivity index (χ0n) is 76.5. The van der Waals surface area contributed by atoms with Crippen LogP contribution in [-0.4, -0.2) is 73.3 Å². The minimum atomic E-state index is -0.508. The minimum Gasteiger partial charge on any atom is -0.465 e. The van der Waals surface area contributed by atoms with E-state index in [0.717, 1.165) is 54.7 Å². The standard InChI is InChI=1S/C32H27BO2S.C30H25BO3S.C26H23BO3.C26H23BO2S/c1-31(2)32(3,4)35-33(34-31)21-12-9-11-20(19-21)22-17-10-18-27-28(22)29-25-15-7-5-13-23(25)24-14-6-8-16-26(24)30(29)36-27;1-29(2)30(3,4)34-31(33-29)26-17-20-16-19(12-14-23(20)32-26)22-10-7-11-24-28(22)27-21-9-6-5-8-18(21)13-15-25(27)35-24;1-25(2)26(3,4)30-27(29-25)20-14-9-15-21-23(20)22-18-12-7-5-10-16(18)17-11-6-8-13-19(17)24(22)28-21;1-25(2)26(3,4)29-27(28-25)20-14-9-15-21-23(20)22-18-12-7-5-10-16(18)17-11-6-8-13-19(17)24(22)30-21/h5-19H,1-4H3;5-17H,1-4H3;2*5-15H,1-4H3. The van der Waals surface area contributed by atoms with Crippen molar-refractivity contribution in [2.75, 3.05) is 0 Å². The van der Waals surface area contributed by atoms with Crippen LogP contribution in [0.4, 0.5) is 0 Å². The summed E-state index contributed by atoms with van der Waals surface area (Å²) in [5, 5.41) is 29.0. The number of benzene rings is 17. The molecule has 0 unspecified atom stereocenters. The molecule has 0 aliphatic carbocycles. The number of rotatable bonds is 6. The van der Waals surface area contributed by atoms with Crippen LogP contribution < -0.4 is 22.0 Å². The average molecular weight is 1770 g/mol. The second-order valence-corrected chi connectivity index (χ2v) is 42.8. The number of fused-ring (bicyclic) bond motifs is 30. The van der Waals surface area contributed by atoms with Gasteiger partial charge >= 0.3 is 28.5 Å². The number of thiophene rings is 3. The molecule has 0 spiro atoms. The molecule has 4 aliphatic heterocycles. The third kappa shape index (κ3) is 13.5. The largest absolute Gasteiger partial charge is 0.532 e. The Hall–Kier alpha value is -11.5. The highest BCUT2D eigenvalue weighted by molar-refractivity contribution is 7.28. The normalized spacial score (nSPS) is 17.6. The second-order valence-electron chi connectivity index (χ2n) is 39.6. The van der Waals surface area contributed by atoms with Gasteiger partial charge in [0.25, 0.3) is 0 Å². The van der Waals surface area contributed by atoms with Crippen molar-refractivity contribution < 1.29 is 46.1 Å². The summed E-state index contributed by atoms with van der Waals surface area (Å²) in [4.78, 5) is 0. The molecule has 26 rings (SSSR count). The van der Waals surface area contributed by atoms with Crippen molar-refractivity contribution in [1.29, 1.82) is 0 Å². The van der Waals surface area contributed by atoms with E-state index in [4.69, 9.17) is 46.1 Å². The summed E-state index contributed by atoms with van der Waals surface area (Å²) >= 11 is 5.62. The first-order valence-electron chi connectivity index (χ1n) is 45.5. The molecule has 0 saturated carbocycles. The summed E-state index contributed by atoms with van der Waals surface area (Å²) in [6, 6.07) is 108. The summed E-state index contributed by atoms with van der Waals surface area (Å²) in [5.74, 6) is 0. The van der Waals surface area contributed by atoms with E-state index in [1.807, 2.05) is 46.1 Å². The molecule has 0 bridgehead atoms. The van der Waals surface area contributed by atoms with E-state index in [9.17, 15) is 0 Å². The third-order valence-corrected chi connectivity index (χ3v) is 33.1. The van der Waals surface area contributed by atoms with Crippen LogP contribution in [0.1, 0.15) is 111 Å². The Morgan fingerprint density at radius 3 is 1.11 bits per heavy atom. The van der Waals surface area contributed by atoms with E-state index in [0.29, 0.717) is 5.66 Å². The monoisotopic (exact) mass is 1770 g/mol. The van der Waals surface area contributed by atoms with Crippen molar-refractivity contribution in [3.8, 4) is 22.3 Å². The molecule has 0 amide bonds. The molecule has 0 N–H and O–H groups in total. The maximum absolute atomic E-state index is 6.47. The summed E-state index contributed by atoms with van der Waals surface area (Å²) < 4.78 is 71.5. The fraction of sp³-hybridized carbons (Fsp3) is 0.211. The number of hydrogen-bond donors (Lipinski definition) is 0. The molecular weight excluding hydrogens is 1670 g/mol. The molecule has 9 heterocycles. The van der Waals surface area contributed by atoms with Gasteiger partial charge in [0.2, 0.25) is 0 Å². The molecule has 17 heteroatoms. The Morgan fingerprint density at radius 1 is 0.214 bits per heavy atom. The van der Waals surface area contributed by atoms with Gasteiger partial charge in [-0.1, -0.05) is 255 Å². The molecule has 22 aromatic rings. The third-order valence-electron chi connectivity index (χ3n) is 29.6. The van der Waals surface area contributed by atoms with Crippen LogP contribution >= 0.6 is 34.0 Å². The van der Waals surface area contributed by atoms with Crippen molar-refractivity contribution in [1.82, 2.24) is 0 Å². The lowest BCUT2D eigenvalue weighted by Gasteiger charge is -2.32. The Bertz CT molecular complexity index is 8190. The van der Waals surface area contributed by atoms with Gasteiger partial charge in [0.15, 0.2) is 0 Å². The summed E-state index contributed by atoms with van der Waals surface area (Å²) in [5.41, 5.74) is 8.33. The van der Waals surface area contributed by atoms with Gasteiger partial charge in [0.05, 0.1) is 44.8 Å². The smallest absolute Gasteiger partial charge is 0.465 e. The van der Waals surface area contributed by atoms with E-state index in [-0.39, 0.29) is 36.6 Å². The lowest BCUT2D eigenvalue weighted by Crippen LogP contribution is -2.41. The predicted molar refractivity (Wildman–Crippen MR) is 558 cm³/mol. The topological polar surface area (TPSA) is 100 Å². The van der Waals surface area contributed by atoms with E-state index in [1.165, 1.54) is 153 Å². The van der Waals surface area contributed by atoms with Gasteiger partial charge in [0.1, 0.15) is 22.4 Å². The van der Waals surface area contributed by atoms with Crippen molar-refractivity contribution in [3.63, 3.8) is 0 Å². The molecule has 644 valence electrons. The number of hydrogen-bond acceptors (Lipinski definition) is 13. The fourth-order valence-electron chi connectivity index (χ4n) is 19.9. The maximum Gasteiger partial charge on any atom is 0.532 e. The Balaban J connectivity index is 0.0000000996. The minimum absolute atomic E-state index is 0.361. The molecule has 17 aromatic carbocycles. The lowest BCUT2D eigenvalue weighted by atomic mass is 9.76. The molecule has 4 saturated heterocycles. The molecule has 5 aromatic heterocycles. The van der Waals surface area contributed by atoms with Gasteiger partial charge in [0, 0.05) is 92.8 Å². The van der Waals surface area contributed by atoms with Crippen LogP contribution in [-0.2, 0) is 37.2 Å². The first kappa shape index (κ1) is 83.8. The van der Waals surface area contributed by atoms with E-state index >= 15 is 0 Å². The Kier molecular flexibility index (Phi) is 19.5. The maximum atomic E-state index is 6.47. The van der Waals surface area contributed by atoms with Crippen LogP contribution in [0.15, 0.2) is 312 Å². The van der Waals surface area contributed by atoms with Crippen molar-refractivity contribution in [3.05, 3.63) is 303 Å². The average Bonchev–Trinajstić information content (AvgIpc) is 1.57. The van der Waals surface area contributed by atoms with E-state index < -0.39 is 36.6 Å². The van der Waals surface area contributed by atoms with Crippen LogP contribution in [0.5, 0.6) is 0 Å². The lowest BCUT2D eigenvalue weighted by molar-refractivity contribution is 0.00578. The number of furan rings is 2. The molecule has 0 radical (unpaired) electrons. The molecular formula is C114H98B4O10S3. The van der Waals surface area contributed by atoms with Crippen LogP contribution in [0.3, 0.4) is 0 Å². The molecule has 131 heavy (non-hydrogen) atoms. The zero-order valence-corrected chi connectivity index (χ0v) is 78.9. The van der Waals surface area contributed by atoms with Gasteiger partial charge in [-0.25, -0.2) is 0 Å². The quantitative estimate of drug-likeness (QED) is 0.118. The molecule has 4 fully saturated rings.